The van der Waals surface area contributed by atoms with E-state index in [1.165, 1.54) is 25.7 Å². The highest BCUT2D eigenvalue weighted by atomic mass is 35.5. The van der Waals surface area contributed by atoms with E-state index in [0.29, 0.717) is 11.1 Å². The van der Waals surface area contributed by atoms with Crippen molar-refractivity contribution in [1.82, 2.24) is 5.32 Å². The van der Waals surface area contributed by atoms with E-state index in [1.807, 2.05) is 38.1 Å². The molecule has 0 atom stereocenters. The first kappa shape index (κ1) is 15.4. The lowest BCUT2D eigenvalue weighted by molar-refractivity contribution is -0.126. The molecule has 0 unspecified atom stereocenters. The maximum absolute atomic E-state index is 12.6. The van der Waals surface area contributed by atoms with E-state index in [-0.39, 0.29) is 5.91 Å². The Morgan fingerprint density at radius 3 is 2.20 bits per heavy atom. The van der Waals surface area contributed by atoms with Gasteiger partial charge in [-0.25, -0.2) is 0 Å². The molecular weight excluding hydrogens is 270 g/mol. The molecule has 1 saturated carbocycles. The molecule has 20 heavy (non-hydrogen) atoms. The number of carbonyl (C=O) groups is 1. The van der Waals surface area contributed by atoms with E-state index in [0.717, 1.165) is 18.4 Å². The number of nitrogens with one attached hydrogen (secondary N) is 1. The minimum atomic E-state index is -0.517. The molecule has 1 aliphatic carbocycles. The fraction of sp³-hybridized carbons (Fsp3) is 0.588. The third kappa shape index (κ3) is 3.76. The summed E-state index contributed by atoms with van der Waals surface area (Å²) in [4.78, 5) is 12.6. The number of amides is 1. The van der Waals surface area contributed by atoms with Crippen molar-refractivity contribution in [2.45, 2.75) is 63.8 Å². The Hall–Kier alpha value is -1.02. The van der Waals surface area contributed by atoms with Crippen molar-refractivity contribution < 1.29 is 4.79 Å². The molecule has 1 N–H and O–H groups in total. The van der Waals surface area contributed by atoms with Crippen molar-refractivity contribution in [3.05, 3.63) is 34.9 Å². The largest absolute Gasteiger partial charge is 0.353 e. The zero-order chi connectivity index (χ0) is 14.6. The van der Waals surface area contributed by atoms with Gasteiger partial charge in [-0.2, -0.15) is 0 Å². The molecule has 0 saturated heterocycles. The first-order chi connectivity index (χ1) is 9.50. The molecule has 1 aromatic rings. The summed E-state index contributed by atoms with van der Waals surface area (Å²) in [7, 11) is 0. The van der Waals surface area contributed by atoms with Crippen LogP contribution in [0.25, 0.3) is 0 Å². The van der Waals surface area contributed by atoms with Gasteiger partial charge in [-0.05, 0) is 44.4 Å². The molecule has 1 aliphatic rings. The number of hydrogen-bond donors (Lipinski definition) is 1. The highest BCUT2D eigenvalue weighted by Crippen LogP contribution is 2.26. The molecule has 0 heterocycles. The van der Waals surface area contributed by atoms with Crippen LogP contribution in [0.15, 0.2) is 24.3 Å². The molecule has 0 aliphatic heterocycles. The van der Waals surface area contributed by atoms with Crippen molar-refractivity contribution in [2.75, 3.05) is 0 Å². The number of halogens is 1. The number of rotatable bonds is 3. The molecule has 0 radical (unpaired) electrons. The molecule has 1 aromatic carbocycles. The van der Waals surface area contributed by atoms with Crippen molar-refractivity contribution in [3.8, 4) is 0 Å². The van der Waals surface area contributed by atoms with Gasteiger partial charge in [0.25, 0.3) is 0 Å². The first-order valence-electron chi connectivity index (χ1n) is 7.57. The second-order valence-electron chi connectivity index (χ2n) is 6.29. The van der Waals surface area contributed by atoms with Crippen LogP contribution >= 0.6 is 11.6 Å². The Morgan fingerprint density at radius 1 is 1.10 bits per heavy atom. The quantitative estimate of drug-likeness (QED) is 0.819. The molecular formula is C17H24ClNO. The summed E-state index contributed by atoms with van der Waals surface area (Å²) in [6.45, 7) is 3.95. The summed E-state index contributed by atoms with van der Waals surface area (Å²) < 4.78 is 0. The number of benzene rings is 1. The van der Waals surface area contributed by atoms with E-state index in [2.05, 4.69) is 5.32 Å². The highest BCUT2D eigenvalue weighted by Gasteiger charge is 2.31. The van der Waals surface area contributed by atoms with Crippen molar-refractivity contribution in [1.29, 1.82) is 0 Å². The summed E-state index contributed by atoms with van der Waals surface area (Å²) in [5.74, 6) is 0.117. The highest BCUT2D eigenvalue weighted by molar-refractivity contribution is 6.30. The summed E-state index contributed by atoms with van der Waals surface area (Å²) in [5.41, 5.74) is 0.490. The van der Waals surface area contributed by atoms with Gasteiger partial charge in [0.05, 0.1) is 5.41 Å². The second-order valence-corrected chi connectivity index (χ2v) is 6.73. The third-order valence-corrected chi connectivity index (χ3v) is 4.58. The zero-order valence-corrected chi connectivity index (χ0v) is 13.2. The van der Waals surface area contributed by atoms with Gasteiger partial charge < -0.3 is 5.32 Å². The summed E-state index contributed by atoms with van der Waals surface area (Å²) in [5, 5.41) is 3.94. The lowest BCUT2D eigenvalue weighted by Crippen LogP contribution is -2.45. The van der Waals surface area contributed by atoms with Gasteiger partial charge in [0.2, 0.25) is 5.91 Å². The molecule has 3 heteroatoms. The summed E-state index contributed by atoms with van der Waals surface area (Å²) in [6, 6.07) is 7.91. The van der Waals surface area contributed by atoms with Crippen LogP contribution in [-0.2, 0) is 10.2 Å². The molecule has 1 amide bonds. The Morgan fingerprint density at radius 2 is 1.65 bits per heavy atom. The van der Waals surface area contributed by atoms with E-state index >= 15 is 0 Å². The van der Waals surface area contributed by atoms with Crippen LogP contribution in [0.1, 0.15) is 57.9 Å². The summed E-state index contributed by atoms with van der Waals surface area (Å²) >= 11 is 5.91. The van der Waals surface area contributed by atoms with E-state index in [1.54, 1.807) is 0 Å². The fourth-order valence-corrected chi connectivity index (χ4v) is 2.91. The van der Waals surface area contributed by atoms with E-state index in [4.69, 9.17) is 11.6 Å². The average Bonchev–Trinajstić information content (AvgIpc) is 2.68. The number of carbonyl (C=O) groups excluding carboxylic acids is 1. The fourth-order valence-electron chi connectivity index (χ4n) is 2.79. The Bertz CT molecular complexity index is 445. The Kier molecular flexibility index (Phi) is 5.09. The Balaban J connectivity index is 2.04. The molecule has 2 rings (SSSR count). The standard InChI is InChI=1S/C17H24ClNO/c1-17(2,13-9-11-14(18)12-10-13)16(20)19-15-7-5-3-4-6-8-15/h9-12,15H,3-8H2,1-2H3,(H,19,20). The minimum Gasteiger partial charge on any atom is -0.353 e. The van der Waals surface area contributed by atoms with Gasteiger partial charge in [0, 0.05) is 11.1 Å². The van der Waals surface area contributed by atoms with Gasteiger partial charge in [-0.1, -0.05) is 49.4 Å². The molecule has 1 fully saturated rings. The lowest BCUT2D eigenvalue weighted by atomic mass is 9.83. The van der Waals surface area contributed by atoms with Gasteiger partial charge in [0.15, 0.2) is 0 Å². The predicted molar refractivity (Wildman–Crippen MR) is 84.1 cm³/mol. The maximum atomic E-state index is 12.6. The van der Waals surface area contributed by atoms with Crippen LogP contribution in [0, 0.1) is 0 Å². The molecule has 110 valence electrons. The van der Waals surface area contributed by atoms with Gasteiger partial charge in [0.1, 0.15) is 0 Å². The second kappa shape index (κ2) is 6.62. The average molecular weight is 294 g/mol. The van der Waals surface area contributed by atoms with Gasteiger partial charge >= 0.3 is 0 Å². The van der Waals surface area contributed by atoms with E-state index in [9.17, 15) is 4.79 Å². The molecule has 2 nitrogen and oxygen atoms in total. The number of hydrogen-bond acceptors (Lipinski definition) is 1. The van der Waals surface area contributed by atoms with E-state index < -0.39 is 5.41 Å². The van der Waals surface area contributed by atoms with Crippen LogP contribution in [-0.4, -0.2) is 11.9 Å². The normalized spacial score (nSPS) is 17.6. The van der Waals surface area contributed by atoms with Crippen LogP contribution in [0.2, 0.25) is 5.02 Å². The SMILES string of the molecule is CC(C)(C(=O)NC1CCCCCC1)c1ccc(Cl)cc1. The third-order valence-electron chi connectivity index (χ3n) is 4.32. The Labute approximate surface area is 126 Å². The zero-order valence-electron chi connectivity index (χ0n) is 12.4. The molecule has 0 spiro atoms. The first-order valence-corrected chi connectivity index (χ1v) is 7.95. The predicted octanol–water partition coefficient (Wildman–Crippen LogP) is 4.46. The van der Waals surface area contributed by atoms with Crippen LogP contribution in [0.3, 0.4) is 0 Å². The molecule has 0 aromatic heterocycles. The summed E-state index contributed by atoms with van der Waals surface area (Å²) in [6.07, 6.45) is 7.28. The topological polar surface area (TPSA) is 29.1 Å². The minimum absolute atomic E-state index is 0.117. The van der Waals surface area contributed by atoms with Gasteiger partial charge in [-0.15, -0.1) is 0 Å². The maximum Gasteiger partial charge on any atom is 0.230 e. The smallest absolute Gasteiger partial charge is 0.230 e. The van der Waals surface area contributed by atoms with Crippen molar-refractivity contribution in [2.24, 2.45) is 0 Å². The lowest BCUT2D eigenvalue weighted by Gasteiger charge is -2.27. The van der Waals surface area contributed by atoms with Crippen LogP contribution in [0.5, 0.6) is 0 Å². The van der Waals surface area contributed by atoms with Crippen molar-refractivity contribution in [3.63, 3.8) is 0 Å². The molecule has 0 bridgehead atoms. The van der Waals surface area contributed by atoms with Crippen LogP contribution < -0.4 is 5.32 Å². The van der Waals surface area contributed by atoms with Crippen LogP contribution in [0.4, 0.5) is 0 Å². The monoisotopic (exact) mass is 293 g/mol. The van der Waals surface area contributed by atoms with Gasteiger partial charge in [-0.3, -0.25) is 4.79 Å². The van der Waals surface area contributed by atoms with Crippen molar-refractivity contribution >= 4 is 17.5 Å².